The molecule has 0 spiro atoms. The maximum absolute atomic E-state index is 13.0. The summed E-state index contributed by atoms with van der Waals surface area (Å²) in [6, 6.07) is -0.827. The van der Waals surface area contributed by atoms with Crippen molar-refractivity contribution in [3.63, 3.8) is 0 Å². The molecule has 0 bridgehead atoms. The zero-order valence-corrected chi connectivity index (χ0v) is 52.2. The number of allylic oxidation sites excluding steroid dienone is 9. The molecule has 1 saturated heterocycles. The number of amides is 1. The number of hydrogen-bond acceptors (Lipinski definition) is 10. The Hall–Kier alpha value is -2.64. The molecule has 0 aromatic carbocycles. The van der Waals surface area contributed by atoms with E-state index < -0.39 is 49.5 Å². The molecular formula is C70H127NO10. The quantitative estimate of drug-likeness (QED) is 0.0195. The number of ether oxygens (including phenoxy) is 3. The minimum atomic E-state index is -1.58. The maximum atomic E-state index is 13.0. The van der Waals surface area contributed by atoms with Gasteiger partial charge in [-0.1, -0.05) is 254 Å². The van der Waals surface area contributed by atoms with Crippen molar-refractivity contribution in [3.05, 3.63) is 60.8 Å². The van der Waals surface area contributed by atoms with Crippen LogP contribution >= 0.6 is 0 Å². The van der Waals surface area contributed by atoms with Gasteiger partial charge in [0.15, 0.2) is 6.29 Å². The highest BCUT2D eigenvalue weighted by atomic mass is 16.7. The van der Waals surface area contributed by atoms with Crippen LogP contribution in [0.2, 0.25) is 0 Å². The van der Waals surface area contributed by atoms with Crippen molar-refractivity contribution in [1.82, 2.24) is 5.32 Å². The number of nitrogens with one attached hydrogen (secondary N) is 1. The number of rotatable bonds is 59. The van der Waals surface area contributed by atoms with Crippen LogP contribution in [-0.4, -0.2) is 100 Å². The van der Waals surface area contributed by atoms with Crippen LogP contribution in [-0.2, 0) is 23.8 Å². The van der Waals surface area contributed by atoms with E-state index in [0.717, 1.165) is 64.2 Å². The number of carbonyl (C=O) groups excluding carboxylic acids is 2. The molecule has 0 radical (unpaired) electrons. The van der Waals surface area contributed by atoms with Crippen LogP contribution in [0.5, 0.6) is 0 Å². The number of unbranched alkanes of at least 4 members (excludes halogenated alkanes) is 37. The monoisotopic (exact) mass is 1140 g/mol. The Morgan fingerprint density at radius 2 is 0.840 bits per heavy atom. The highest BCUT2D eigenvalue weighted by Gasteiger charge is 2.44. The summed E-state index contributed by atoms with van der Waals surface area (Å²) in [5.74, 6) is -0.199. The largest absolute Gasteiger partial charge is 0.466 e. The molecular weight excluding hydrogens is 1010 g/mol. The molecule has 1 aliphatic heterocycles. The molecule has 0 aromatic heterocycles. The highest BCUT2D eigenvalue weighted by molar-refractivity contribution is 5.76. The van der Waals surface area contributed by atoms with Crippen molar-refractivity contribution >= 4 is 11.9 Å². The third-order valence-corrected chi connectivity index (χ3v) is 15.8. The number of aliphatic hydroxyl groups is 5. The van der Waals surface area contributed by atoms with Crippen LogP contribution < -0.4 is 5.32 Å². The van der Waals surface area contributed by atoms with Gasteiger partial charge in [-0.3, -0.25) is 9.59 Å². The zero-order chi connectivity index (χ0) is 58.7. The number of aliphatic hydroxyl groups excluding tert-OH is 5. The summed E-state index contributed by atoms with van der Waals surface area (Å²) in [5, 5.41) is 54.3. The smallest absolute Gasteiger partial charge is 0.305 e. The van der Waals surface area contributed by atoms with Crippen LogP contribution in [0.25, 0.3) is 0 Å². The molecule has 1 aliphatic rings. The molecule has 472 valence electrons. The molecule has 6 N–H and O–H groups in total. The summed E-state index contributed by atoms with van der Waals surface area (Å²) in [5.41, 5.74) is 0. The van der Waals surface area contributed by atoms with E-state index in [0.29, 0.717) is 19.4 Å². The summed E-state index contributed by atoms with van der Waals surface area (Å²) in [6.07, 6.45) is 67.9. The lowest BCUT2D eigenvalue weighted by Crippen LogP contribution is -2.60. The lowest BCUT2D eigenvalue weighted by atomic mass is 9.99. The fourth-order valence-corrected chi connectivity index (χ4v) is 10.4. The van der Waals surface area contributed by atoms with Gasteiger partial charge in [0, 0.05) is 12.8 Å². The predicted octanol–water partition coefficient (Wildman–Crippen LogP) is 17.0. The first-order chi connectivity index (χ1) is 39.7. The third-order valence-electron chi connectivity index (χ3n) is 15.8. The first-order valence-electron chi connectivity index (χ1n) is 34.1. The molecule has 7 unspecified atom stereocenters. The van der Waals surface area contributed by atoms with Crippen molar-refractivity contribution in [3.8, 4) is 0 Å². The van der Waals surface area contributed by atoms with Gasteiger partial charge in [-0.25, -0.2) is 0 Å². The maximum Gasteiger partial charge on any atom is 0.305 e. The first-order valence-corrected chi connectivity index (χ1v) is 34.1. The van der Waals surface area contributed by atoms with Crippen molar-refractivity contribution < 1.29 is 49.3 Å². The second-order valence-electron chi connectivity index (χ2n) is 23.5. The minimum Gasteiger partial charge on any atom is -0.466 e. The Bertz CT molecular complexity index is 1530. The molecule has 11 nitrogen and oxygen atoms in total. The normalized spacial score (nSPS) is 18.6. The Balaban J connectivity index is 1.96. The van der Waals surface area contributed by atoms with Crippen LogP contribution in [0.1, 0.15) is 309 Å². The number of hydrogen-bond donors (Lipinski definition) is 6. The van der Waals surface area contributed by atoms with E-state index in [1.807, 2.05) is 6.08 Å². The molecule has 11 heteroatoms. The average Bonchev–Trinajstić information content (AvgIpc) is 3.47. The van der Waals surface area contributed by atoms with E-state index in [1.54, 1.807) is 6.08 Å². The van der Waals surface area contributed by atoms with E-state index in [9.17, 15) is 35.1 Å². The fourth-order valence-electron chi connectivity index (χ4n) is 10.4. The zero-order valence-electron chi connectivity index (χ0n) is 52.2. The van der Waals surface area contributed by atoms with Gasteiger partial charge in [0.2, 0.25) is 5.91 Å². The number of carbonyl (C=O) groups is 2. The van der Waals surface area contributed by atoms with Crippen LogP contribution in [0.4, 0.5) is 0 Å². The molecule has 0 aliphatic carbocycles. The van der Waals surface area contributed by atoms with Crippen molar-refractivity contribution in [2.45, 2.75) is 352 Å². The fraction of sp³-hybridized carbons (Fsp3) is 0.829. The molecule has 81 heavy (non-hydrogen) atoms. The van der Waals surface area contributed by atoms with Gasteiger partial charge in [-0.2, -0.15) is 0 Å². The lowest BCUT2D eigenvalue weighted by molar-refractivity contribution is -0.302. The molecule has 1 rings (SSSR count). The summed E-state index contributed by atoms with van der Waals surface area (Å²) < 4.78 is 16.7. The Morgan fingerprint density at radius 3 is 1.32 bits per heavy atom. The standard InChI is InChI=1S/C70H127NO10/c1-3-5-7-9-11-13-15-38-42-46-50-54-58-66(75)79-59-55-51-47-43-39-36-34-32-30-28-26-24-22-20-18-16-17-19-21-23-25-27-29-31-33-35-37-41-45-49-53-57-65(74)71-62(61-80-70-69(78)68(77)67(76)64(60-72)81-70)63(73)56-52-48-44-40-14-12-10-8-6-4-2/h11,13-14,18,20,24,26,40,52,56,62-64,67-70,72-73,76-78H,3-10,12,15-17,19,21-23,25,27-39,41-51,53-55,57-61H2,1-2H3,(H,71,74)/b13-11-,20-18-,26-24-,40-14+,56-52+. The second kappa shape index (κ2) is 59.1. The number of esters is 1. The lowest BCUT2D eigenvalue weighted by Gasteiger charge is -2.40. The molecule has 1 amide bonds. The van der Waals surface area contributed by atoms with Gasteiger partial charge < -0.3 is 45.1 Å². The summed E-state index contributed by atoms with van der Waals surface area (Å²) in [6.45, 7) is 4.28. The van der Waals surface area contributed by atoms with Crippen LogP contribution in [0.15, 0.2) is 60.8 Å². The predicted molar refractivity (Wildman–Crippen MR) is 338 cm³/mol. The van der Waals surface area contributed by atoms with Crippen molar-refractivity contribution in [2.24, 2.45) is 0 Å². The first kappa shape index (κ1) is 76.4. The van der Waals surface area contributed by atoms with Gasteiger partial charge in [0.1, 0.15) is 24.4 Å². The van der Waals surface area contributed by atoms with Crippen LogP contribution in [0.3, 0.4) is 0 Å². The summed E-state index contributed by atoms with van der Waals surface area (Å²) >= 11 is 0. The minimum absolute atomic E-state index is 0.00559. The molecule has 1 heterocycles. The van der Waals surface area contributed by atoms with Gasteiger partial charge in [-0.15, -0.1) is 0 Å². The average molecular weight is 1140 g/mol. The van der Waals surface area contributed by atoms with E-state index in [4.69, 9.17) is 14.2 Å². The van der Waals surface area contributed by atoms with Crippen LogP contribution in [0, 0.1) is 0 Å². The van der Waals surface area contributed by atoms with Crippen molar-refractivity contribution in [2.75, 3.05) is 19.8 Å². The van der Waals surface area contributed by atoms with E-state index in [-0.39, 0.29) is 18.5 Å². The Kier molecular flexibility index (Phi) is 55.7. The van der Waals surface area contributed by atoms with Gasteiger partial charge >= 0.3 is 5.97 Å². The Labute approximate surface area is 497 Å². The molecule has 0 aromatic rings. The molecule has 1 fully saturated rings. The van der Waals surface area contributed by atoms with Gasteiger partial charge in [-0.05, 0) is 103 Å². The summed E-state index contributed by atoms with van der Waals surface area (Å²) in [7, 11) is 0. The highest BCUT2D eigenvalue weighted by Crippen LogP contribution is 2.23. The second-order valence-corrected chi connectivity index (χ2v) is 23.5. The Morgan fingerprint density at radius 1 is 0.457 bits per heavy atom. The van der Waals surface area contributed by atoms with E-state index in [2.05, 4.69) is 67.8 Å². The van der Waals surface area contributed by atoms with Gasteiger partial charge in [0.25, 0.3) is 0 Å². The van der Waals surface area contributed by atoms with E-state index in [1.165, 1.54) is 218 Å². The third kappa shape index (κ3) is 48.3. The molecule has 0 saturated carbocycles. The SMILES string of the molecule is CCCCC/C=C\CCCCCCCC(=O)OCCCCCCCCCCC/C=C\C/C=C\CCCCCCCCCCCCCCCCCC(=O)NC(COC1OC(CO)C(O)C(O)C1O)C(O)/C=C/CC/C=C/CCCCCC. The van der Waals surface area contributed by atoms with Gasteiger partial charge in [0.05, 0.1) is 32.0 Å². The van der Waals surface area contributed by atoms with Crippen molar-refractivity contribution in [1.29, 1.82) is 0 Å². The summed E-state index contributed by atoms with van der Waals surface area (Å²) in [4.78, 5) is 25.0. The van der Waals surface area contributed by atoms with E-state index >= 15 is 0 Å². The molecule has 7 atom stereocenters. The topological polar surface area (TPSA) is 175 Å².